The number of nitrogens with zero attached hydrogens (tertiary/aromatic N) is 1. The summed E-state index contributed by atoms with van der Waals surface area (Å²) in [4.78, 5) is 2.27. The molecule has 0 saturated heterocycles. The maximum Gasteiger partial charge on any atom is 0.159 e. The minimum atomic E-state index is 0.833. The van der Waals surface area contributed by atoms with E-state index in [9.17, 15) is 0 Å². The first-order valence-corrected chi connectivity index (χ1v) is 17.3. The van der Waals surface area contributed by atoms with Gasteiger partial charge < -0.3 is 13.7 Å². The van der Waals surface area contributed by atoms with Gasteiger partial charge in [-0.1, -0.05) is 146 Å². The molecule has 0 N–H and O–H groups in total. The fourth-order valence-corrected chi connectivity index (χ4v) is 7.48. The van der Waals surface area contributed by atoms with E-state index in [1.54, 1.807) is 0 Å². The Labute approximate surface area is 295 Å². The lowest BCUT2D eigenvalue weighted by atomic mass is 9.91. The van der Waals surface area contributed by atoms with Gasteiger partial charge in [0, 0.05) is 27.2 Å². The molecule has 3 heteroatoms. The standard InChI is InChI=1S/C48H31NO2/c1-3-13-33(14-4-1)37-30-27-35(31-42(37)34-15-5-2-6-16-34)32-25-28-36(29-26-32)49(43-21-11-19-40-38-17-7-9-23-45(38)50-47(40)43)44-22-12-20-41-39-18-8-10-24-46(39)51-48(41)44/h1-31H. The van der Waals surface area contributed by atoms with Crippen LogP contribution in [0.4, 0.5) is 17.1 Å². The zero-order chi connectivity index (χ0) is 33.7. The highest BCUT2D eigenvalue weighted by molar-refractivity contribution is 6.13. The van der Waals surface area contributed by atoms with Crippen molar-refractivity contribution in [3.05, 3.63) is 188 Å². The van der Waals surface area contributed by atoms with Gasteiger partial charge in [0.05, 0.1) is 11.4 Å². The van der Waals surface area contributed by atoms with Crippen LogP contribution >= 0.6 is 0 Å². The van der Waals surface area contributed by atoms with E-state index in [1.165, 1.54) is 22.3 Å². The molecule has 0 aliphatic carbocycles. The Balaban J connectivity index is 1.15. The average Bonchev–Trinajstić information content (AvgIpc) is 3.78. The number of fused-ring (bicyclic) bond motifs is 6. The van der Waals surface area contributed by atoms with Crippen molar-refractivity contribution in [2.24, 2.45) is 0 Å². The quantitative estimate of drug-likeness (QED) is 0.179. The van der Waals surface area contributed by atoms with Crippen molar-refractivity contribution in [3.63, 3.8) is 0 Å². The molecule has 10 aromatic rings. The van der Waals surface area contributed by atoms with Gasteiger partial charge in [-0.25, -0.2) is 0 Å². The topological polar surface area (TPSA) is 29.5 Å². The first-order valence-electron chi connectivity index (χ1n) is 17.3. The smallest absolute Gasteiger partial charge is 0.159 e. The van der Waals surface area contributed by atoms with Crippen LogP contribution in [0.5, 0.6) is 0 Å². The van der Waals surface area contributed by atoms with Crippen LogP contribution in [0.15, 0.2) is 197 Å². The van der Waals surface area contributed by atoms with Crippen LogP contribution in [0, 0.1) is 0 Å². The van der Waals surface area contributed by atoms with E-state index in [0.29, 0.717) is 0 Å². The predicted octanol–water partition coefficient (Wildman–Crippen LogP) is 14.0. The summed E-state index contributed by atoms with van der Waals surface area (Å²) in [6, 6.07) is 66.1. The highest BCUT2D eigenvalue weighted by atomic mass is 16.3. The Morgan fingerprint density at radius 3 is 1.35 bits per heavy atom. The van der Waals surface area contributed by atoms with E-state index in [4.69, 9.17) is 8.83 Å². The number of benzene rings is 8. The summed E-state index contributed by atoms with van der Waals surface area (Å²) in [6.45, 7) is 0. The lowest BCUT2D eigenvalue weighted by molar-refractivity contribution is 0.666. The fraction of sp³-hybridized carbons (Fsp3) is 0. The van der Waals surface area contributed by atoms with Gasteiger partial charge in [-0.2, -0.15) is 0 Å². The third-order valence-corrected chi connectivity index (χ3v) is 9.90. The molecular formula is C48H31NO2. The Kier molecular flexibility index (Phi) is 6.81. The van der Waals surface area contributed by atoms with E-state index in [2.05, 4.69) is 169 Å². The maximum absolute atomic E-state index is 6.60. The molecule has 0 aliphatic rings. The third-order valence-electron chi connectivity index (χ3n) is 9.90. The predicted molar refractivity (Wildman–Crippen MR) is 212 cm³/mol. The van der Waals surface area contributed by atoms with Gasteiger partial charge in [-0.15, -0.1) is 0 Å². The van der Waals surface area contributed by atoms with Crippen molar-refractivity contribution in [3.8, 4) is 33.4 Å². The summed E-state index contributed by atoms with van der Waals surface area (Å²) in [6.07, 6.45) is 0. The van der Waals surface area contributed by atoms with Gasteiger partial charge in [0.15, 0.2) is 11.2 Å². The molecule has 0 bridgehead atoms. The average molecular weight is 654 g/mol. The molecule has 3 nitrogen and oxygen atoms in total. The molecule has 240 valence electrons. The molecule has 51 heavy (non-hydrogen) atoms. The van der Waals surface area contributed by atoms with Crippen LogP contribution in [-0.4, -0.2) is 0 Å². The van der Waals surface area contributed by atoms with E-state index in [0.717, 1.165) is 72.1 Å². The summed E-state index contributed by atoms with van der Waals surface area (Å²) in [5, 5.41) is 4.35. The van der Waals surface area contributed by atoms with E-state index >= 15 is 0 Å². The SMILES string of the molecule is c1ccc(-c2ccc(-c3ccc(N(c4cccc5c4oc4ccccc45)c4cccc5c4oc4ccccc45)cc3)cc2-c2ccccc2)cc1. The Morgan fingerprint density at radius 1 is 0.314 bits per heavy atom. The van der Waals surface area contributed by atoms with Gasteiger partial charge in [-0.3, -0.25) is 0 Å². The molecule has 0 atom stereocenters. The van der Waals surface area contributed by atoms with Gasteiger partial charge in [0.2, 0.25) is 0 Å². The molecule has 10 rings (SSSR count). The third kappa shape index (κ3) is 4.90. The molecule has 0 amide bonds. The largest absolute Gasteiger partial charge is 0.454 e. The number of hydrogen-bond donors (Lipinski definition) is 0. The van der Waals surface area contributed by atoms with E-state index in [1.807, 2.05) is 24.3 Å². The van der Waals surface area contributed by atoms with Crippen molar-refractivity contribution >= 4 is 60.9 Å². The van der Waals surface area contributed by atoms with Crippen molar-refractivity contribution in [2.75, 3.05) is 4.90 Å². The lowest BCUT2D eigenvalue weighted by Gasteiger charge is -2.26. The summed E-state index contributed by atoms with van der Waals surface area (Å²) < 4.78 is 13.2. The summed E-state index contributed by atoms with van der Waals surface area (Å²) >= 11 is 0. The van der Waals surface area contributed by atoms with Crippen LogP contribution in [0.1, 0.15) is 0 Å². The molecule has 0 aliphatic heterocycles. The second-order valence-corrected chi connectivity index (χ2v) is 12.9. The number of rotatable bonds is 6. The molecule has 2 heterocycles. The highest BCUT2D eigenvalue weighted by Gasteiger charge is 2.23. The fourth-order valence-electron chi connectivity index (χ4n) is 7.48. The second kappa shape index (κ2) is 11.9. The molecule has 2 aromatic heterocycles. The normalized spacial score (nSPS) is 11.5. The van der Waals surface area contributed by atoms with Crippen LogP contribution < -0.4 is 4.90 Å². The minimum absolute atomic E-state index is 0.833. The molecule has 8 aromatic carbocycles. The summed E-state index contributed by atoms with van der Waals surface area (Å²) in [5.74, 6) is 0. The van der Waals surface area contributed by atoms with E-state index < -0.39 is 0 Å². The second-order valence-electron chi connectivity index (χ2n) is 12.9. The van der Waals surface area contributed by atoms with Gasteiger partial charge in [0.1, 0.15) is 11.2 Å². The minimum Gasteiger partial charge on any atom is -0.454 e. The molecule has 0 fully saturated rings. The van der Waals surface area contributed by atoms with Gasteiger partial charge in [-0.05, 0) is 75.8 Å². The Morgan fingerprint density at radius 2 is 0.784 bits per heavy atom. The van der Waals surface area contributed by atoms with E-state index in [-0.39, 0.29) is 0 Å². The summed E-state index contributed by atoms with van der Waals surface area (Å²) in [7, 11) is 0. The van der Waals surface area contributed by atoms with Crippen LogP contribution in [0.25, 0.3) is 77.3 Å². The van der Waals surface area contributed by atoms with Crippen LogP contribution in [0.2, 0.25) is 0 Å². The maximum atomic E-state index is 6.60. The van der Waals surface area contributed by atoms with Crippen molar-refractivity contribution in [1.29, 1.82) is 0 Å². The summed E-state index contributed by atoms with van der Waals surface area (Å²) in [5.41, 5.74) is 13.4. The number of para-hydroxylation sites is 4. The number of furan rings is 2. The molecular weight excluding hydrogens is 623 g/mol. The molecule has 0 radical (unpaired) electrons. The van der Waals surface area contributed by atoms with Gasteiger partial charge in [0.25, 0.3) is 0 Å². The number of anilines is 3. The monoisotopic (exact) mass is 653 g/mol. The molecule has 0 saturated carbocycles. The van der Waals surface area contributed by atoms with Crippen molar-refractivity contribution < 1.29 is 8.83 Å². The molecule has 0 unspecified atom stereocenters. The van der Waals surface area contributed by atoms with Crippen molar-refractivity contribution in [1.82, 2.24) is 0 Å². The lowest BCUT2D eigenvalue weighted by Crippen LogP contribution is -2.10. The Hall–Kier alpha value is -6.84. The zero-order valence-electron chi connectivity index (χ0n) is 27.7. The van der Waals surface area contributed by atoms with Crippen LogP contribution in [-0.2, 0) is 0 Å². The van der Waals surface area contributed by atoms with Crippen molar-refractivity contribution in [2.45, 2.75) is 0 Å². The zero-order valence-corrected chi connectivity index (χ0v) is 27.7. The van der Waals surface area contributed by atoms with Crippen LogP contribution in [0.3, 0.4) is 0 Å². The first-order chi connectivity index (χ1) is 25.3. The molecule has 0 spiro atoms. The number of hydrogen-bond acceptors (Lipinski definition) is 3. The highest BCUT2D eigenvalue weighted by Crippen LogP contribution is 2.46. The van der Waals surface area contributed by atoms with Gasteiger partial charge >= 0.3 is 0 Å². The first kappa shape index (κ1) is 29.1. The Bertz CT molecular complexity index is 2730.